The van der Waals surface area contributed by atoms with Gasteiger partial charge in [-0.1, -0.05) is 0 Å². The van der Waals surface area contributed by atoms with Crippen molar-refractivity contribution in [3.05, 3.63) is 0 Å². The van der Waals surface area contributed by atoms with Gasteiger partial charge in [0.2, 0.25) is 0 Å². The van der Waals surface area contributed by atoms with Crippen LogP contribution in [0.4, 0.5) is 0 Å². The van der Waals surface area contributed by atoms with Crippen LogP contribution in [0.1, 0.15) is 19.8 Å². The highest BCUT2D eigenvalue weighted by Crippen LogP contribution is 2.27. The second-order valence-electron chi connectivity index (χ2n) is 3.90. The van der Waals surface area contributed by atoms with Crippen LogP contribution in [0.2, 0.25) is 0 Å². The van der Waals surface area contributed by atoms with Crippen molar-refractivity contribution < 1.29 is 19.4 Å². The predicted octanol–water partition coefficient (Wildman–Crippen LogP) is -0.221. The molecule has 0 heterocycles. The third-order valence-corrected chi connectivity index (χ3v) is 2.54. The number of likely N-dealkylation sites (N-methyl/N-ethyl adjacent to an activating group) is 1. The first-order valence-corrected chi connectivity index (χ1v) is 5.14. The molecule has 5 nitrogen and oxygen atoms in total. The summed E-state index contributed by atoms with van der Waals surface area (Å²) in [4.78, 5) is 23.8. The number of aliphatic hydroxyl groups excluding tert-OH is 1. The van der Waals surface area contributed by atoms with Crippen molar-refractivity contribution in [3.8, 4) is 0 Å². The Morgan fingerprint density at radius 2 is 2.07 bits per heavy atom. The van der Waals surface area contributed by atoms with Gasteiger partial charge in [0.25, 0.3) is 0 Å². The van der Waals surface area contributed by atoms with E-state index in [1.165, 1.54) is 4.90 Å². The number of rotatable bonds is 3. The molecule has 1 aliphatic rings. The molecule has 0 aromatic rings. The maximum atomic E-state index is 11.4. The first-order valence-electron chi connectivity index (χ1n) is 5.14. The van der Waals surface area contributed by atoms with E-state index >= 15 is 0 Å². The molecule has 0 bridgehead atoms. The molecule has 0 unspecified atom stereocenters. The summed E-state index contributed by atoms with van der Waals surface area (Å²) in [6, 6.07) is 0. The van der Waals surface area contributed by atoms with Crippen LogP contribution in [0.5, 0.6) is 0 Å². The van der Waals surface area contributed by atoms with E-state index in [4.69, 9.17) is 5.11 Å². The zero-order valence-electron chi connectivity index (χ0n) is 9.10. The van der Waals surface area contributed by atoms with Crippen LogP contribution in [0.15, 0.2) is 0 Å². The molecule has 1 aliphatic carbocycles. The molecule has 1 amide bonds. The van der Waals surface area contributed by atoms with E-state index in [1.807, 2.05) is 0 Å². The quantitative estimate of drug-likeness (QED) is 0.522. The molecule has 1 rings (SSSR count). The highest BCUT2D eigenvalue weighted by Gasteiger charge is 2.30. The Bertz CT molecular complexity index is 248. The third-order valence-electron chi connectivity index (χ3n) is 2.54. The minimum absolute atomic E-state index is 0.209. The Morgan fingerprint density at radius 1 is 1.47 bits per heavy atom. The Morgan fingerprint density at radius 3 is 2.53 bits per heavy atom. The van der Waals surface area contributed by atoms with Crippen LogP contribution in [-0.4, -0.2) is 48.2 Å². The monoisotopic (exact) mass is 215 g/mol. The van der Waals surface area contributed by atoms with Crippen LogP contribution < -0.4 is 0 Å². The number of amides is 1. The van der Waals surface area contributed by atoms with E-state index in [1.54, 1.807) is 14.0 Å². The summed E-state index contributed by atoms with van der Waals surface area (Å²) in [7, 11) is 1.57. The van der Waals surface area contributed by atoms with Crippen molar-refractivity contribution in [3.63, 3.8) is 0 Å². The van der Waals surface area contributed by atoms with Crippen LogP contribution in [-0.2, 0) is 14.3 Å². The lowest BCUT2D eigenvalue weighted by Crippen LogP contribution is -2.42. The smallest absolute Gasteiger partial charge is 0.396 e. The van der Waals surface area contributed by atoms with Gasteiger partial charge < -0.3 is 14.7 Å². The van der Waals surface area contributed by atoms with E-state index in [-0.39, 0.29) is 12.7 Å². The molecule has 0 radical (unpaired) electrons. The second kappa shape index (κ2) is 5.11. The fourth-order valence-electron chi connectivity index (χ4n) is 1.67. The topological polar surface area (TPSA) is 66.8 Å². The summed E-state index contributed by atoms with van der Waals surface area (Å²) in [5, 5.41) is 9.07. The minimum atomic E-state index is -0.806. The average Bonchev–Trinajstić information content (AvgIpc) is 2.14. The maximum absolute atomic E-state index is 11.4. The van der Waals surface area contributed by atoms with Crippen molar-refractivity contribution in [1.29, 1.82) is 0 Å². The molecular weight excluding hydrogens is 198 g/mol. The van der Waals surface area contributed by atoms with Crippen LogP contribution >= 0.6 is 0 Å². The number of hydrogen-bond acceptors (Lipinski definition) is 4. The van der Waals surface area contributed by atoms with Gasteiger partial charge in [0, 0.05) is 13.6 Å². The Balaban J connectivity index is 2.29. The normalized spacial score (nSPS) is 24.2. The fourth-order valence-corrected chi connectivity index (χ4v) is 1.67. The highest BCUT2D eigenvalue weighted by molar-refractivity contribution is 6.32. The molecular formula is C10H17NO4. The predicted molar refractivity (Wildman–Crippen MR) is 53.0 cm³/mol. The number of hydrogen-bond donors (Lipinski definition) is 1. The first-order chi connectivity index (χ1) is 7.04. The van der Waals surface area contributed by atoms with Gasteiger partial charge in [0.05, 0.1) is 12.7 Å². The van der Waals surface area contributed by atoms with Gasteiger partial charge >= 0.3 is 11.9 Å². The Hall–Kier alpha value is -1.10. The molecule has 1 saturated carbocycles. The summed E-state index contributed by atoms with van der Waals surface area (Å²) in [6.07, 6.45) is 1.18. The molecule has 0 aromatic heterocycles. The Labute approximate surface area is 89.0 Å². The molecule has 0 saturated heterocycles. The van der Waals surface area contributed by atoms with E-state index in [0.29, 0.717) is 25.3 Å². The average molecular weight is 215 g/mol. The Kier molecular flexibility index (Phi) is 4.08. The molecule has 5 heteroatoms. The standard InChI is InChI=1S/C10H17NO4/c1-3-15-10(14)9(13)11(2)6-7-4-8(12)5-7/h7-8,12H,3-6H2,1-2H3. The number of carbonyl (C=O) groups is 2. The summed E-state index contributed by atoms with van der Waals surface area (Å²) in [6.45, 7) is 2.38. The number of aliphatic hydroxyl groups is 1. The number of carbonyl (C=O) groups excluding carboxylic acids is 2. The molecule has 0 aromatic carbocycles. The summed E-state index contributed by atoms with van der Waals surface area (Å²) in [5.41, 5.74) is 0. The number of ether oxygens (including phenoxy) is 1. The van der Waals surface area contributed by atoms with Gasteiger partial charge in [0.1, 0.15) is 0 Å². The third kappa shape index (κ3) is 3.20. The zero-order chi connectivity index (χ0) is 11.4. The molecule has 1 fully saturated rings. The van der Waals surface area contributed by atoms with Crippen LogP contribution in [0.25, 0.3) is 0 Å². The van der Waals surface area contributed by atoms with Gasteiger partial charge in [-0.05, 0) is 25.7 Å². The van der Waals surface area contributed by atoms with Gasteiger partial charge in [0.15, 0.2) is 0 Å². The zero-order valence-corrected chi connectivity index (χ0v) is 9.10. The molecule has 1 N–H and O–H groups in total. The fraction of sp³-hybridized carbons (Fsp3) is 0.800. The number of esters is 1. The lowest BCUT2D eigenvalue weighted by Gasteiger charge is -2.34. The summed E-state index contributed by atoms with van der Waals surface area (Å²) >= 11 is 0. The SMILES string of the molecule is CCOC(=O)C(=O)N(C)CC1CC(O)C1. The minimum Gasteiger partial charge on any atom is -0.459 e. The van der Waals surface area contributed by atoms with Crippen LogP contribution in [0.3, 0.4) is 0 Å². The highest BCUT2D eigenvalue weighted by atomic mass is 16.5. The van der Waals surface area contributed by atoms with Crippen molar-refractivity contribution >= 4 is 11.9 Å². The second-order valence-corrected chi connectivity index (χ2v) is 3.90. The molecule has 0 atom stereocenters. The van der Waals surface area contributed by atoms with E-state index in [9.17, 15) is 9.59 Å². The summed E-state index contributed by atoms with van der Waals surface area (Å²) in [5.74, 6) is -1.11. The maximum Gasteiger partial charge on any atom is 0.396 e. The summed E-state index contributed by atoms with van der Waals surface area (Å²) < 4.78 is 4.60. The molecule has 86 valence electrons. The van der Waals surface area contributed by atoms with Gasteiger partial charge in [-0.15, -0.1) is 0 Å². The van der Waals surface area contributed by atoms with E-state index in [0.717, 1.165) is 0 Å². The first kappa shape index (κ1) is 12.0. The van der Waals surface area contributed by atoms with Gasteiger partial charge in [-0.25, -0.2) is 4.79 Å². The van der Waals surface area contributed by atoms with Gasteiger partial charge in [-0.2, -0.15) is 0 Å². The van der Waals surface area contributed by atoms with Crippen molar-refractivity contribution in [2.45, 2.75) is 25.9 Å². The van der Waals surface area contributed by atoms with Crippen LogP contribution in [0, 0.1) is 5.92 Å². The molecule has 0 spiro atoms. The number of nitrogens with zero attached hydrogens (tertiary/aromatic N) is 1. The molecule has 15 heavy (non-hydrogen) atoms. The lowest BCUT2D eigenvalue weighted by molar-refractivity contribution is -0.159. The van der Waals surface area contributed by atoms with E-state index < -0.39 is 11.9 Å². The van der Waals surface area contributed by atoms with Crippen molar-refractivity contribution in [1.82, 2.24) is 4.90 Å². The largest absolute Gasteiger partial charge is 0.459 e. The van der Waals surface area contributed by atoms with Gasteiger partial charge in [-0.3, -0.25) is 4.79 Å². The van der Waals surface area contributed by atoms with E-state index in [2.05, 4.69) is 4.74 Å². The molecule has 0 aliphatic heterocycles. The van der Waals surface area contributed by atoms with Crippen molar-refractivity contribution in [2.24, 2.45) is 5.92 Å². The van der Waals surface area contributed by atoms with Crippen molar-refractivity contribution in [2.75, 3.05) is 20.2 Å². The lowest BCUT2D eigenvalue weighted by atomic mass is 9.82.